The number of benzene rings is 1. The Labute approximate surface area is 124 Å². The van der Waals surface area contributed by atoms with Crippen molar-refractivity contribution in [1.29, 1.82) is 0 Å². The number of carboxylic acid groups (broad SMARTS) is 1. The van der Waals surface area contributed by atoms with Crippen LogP contribution in [0.3, 0.4) is 0 Å². The molecule has 8 nitrogen and oxygen atoms in total. The number of rotatable bonds is 5. The average molecular weight is 311 g/mol. The van der Waals surface area contributed by atoms with Crippen LogP contribution in [0.4, 0.5) is 5.69 Å². The van der Waals surface area contributed by atoms with Gasteiger partial charge in [0.2, 0.25) is 5.91 Å². The van der Waals surface area contributed by atoms with Crippen molar-refractivity contribution in [3.05, 3.63) is 35.1 Å². The highest BCUT2D eigenvalue weighted by Gasteiger charge is 2.14. The SMILES string of the molecule is COc1ccc(NC(=O)Cn2nncc2C(=O)O)cc1Cl. The lowest BCUT2D eigenvalue weighted by molar-refractivity contribution is -0.116. The third-order valence-corrected chi connectivity index (χ3v) is 2.86. The Kier molecular flexibility index (Phi) is 4.39. The van der Waals surface area contributed by atoms with Crippen molar-refractivity contribution in [1.82, 2.24) is 15.0 Å². The monoisotopic (exact) mass is 310 g/mol. The highest BCUT2D eigenvalue weighted by atomic mass is 35.5. The van der Waals surface area contributed by atoms with E-state index in [0.29, 0.717) is 16.5 Å². The topological polar surface area (TPSA) is 106 Å². The molecule has 0 aliphatic carbocycles. The third-order valence-electron chi connectivity index (χ3n) is 2.57. The molecule has 1 aromatic carbocycles. The molecule has 0 aliphatic rings. The predicted molar refractivity (Wildman–Crippen MR) is 73.6 cm³/mol. The number of nitrogens with one attached hydrogen (secondary N) is 1. The molecule has 1 aromatic heterocycles. The van der Waals surface area contributed by atoms with Gasteiger partial charge in [-0.15, -0.1) is 5.10 Å². The van der Waals surface area contributed by atoms with Gasteiger partial charge in [-0.3, -0.25) is 4.79 Å². The summed E-state index contributed by atoms with van der Waals surface area (Å²) < 4.78 is 5.99. The molecular weight excluding hydrogens is 300 g/mol. The van der Waals surface area contributed by atoms with Gasteiger partial charge in [-0.05, 0) is 18.2 Å². The number of aromatic carboxylic acids is 1. The van der Waals surface area contributed by atoms with Gasteiger partial charge in [0.25, 0.3) is 0 Å². The number of hydrogen-bond acceptors (Lipinski definition) is 5. The summed E-state index contributed by atoms with van der Waals surface area (Å²) in [6.07, 6.45) is 1.07. The normalized spacial score (nSPS) is 10.2. The highest BCUT2D eigenvalue weighted by Crippen LogP contribution is 2.27. The first kappa shape index (κ1) is 14.8. The zero-order valence-electron chi connectivity index (χ0n) is 10.9. The standard InChI is InChI=1S/C12H11ClN4O4/c1-21-10-3-2-7(4-8(10)13)15-11(18)6-17-9(12(19)20)5-14-16-17/h2-5H,6H2,1H3,(H,15,18)(H,19,20). The van der Waals surface area contributed by atoms with E-state index < -0.39 is 11.9 Å². The van der Waals surface area contributed by atoms with Gasteiger partial charge in [-0.2, -0.15) is 0 Å². The summed E-state index contributed by atoms with van der Waals surface area (Å²) in [5.41, 5.74) is 0.292. The molecule has 21 heavy (non-hydrogen) atoms. The van der Waals surface area contributed by atoms with E-state index >= 15 is 0 Å². The molecule has 0 saturated carbocycles. The Morgan fingerprint density at radius 1 is 1.48 bits per heavy atom. The fourth-order valence-corrected chi connectivity index (χ4v) is 1.88. The minimum atomic E-state index is -1.21. The number of halogens is 1. The maximum absolute atomic E-state index is 11.9. The van der Waals surface area contributed by atoms with Crippen LogP contribution < -0.4 is 10.1 Å². The van der Waals surface area contributed by atoms with Crippen LogP contribution in [0, 0.1) is 0 Å². The van der Waals surface area contributed by atoms with Gasteiger partial charge in [0.1, 0.15) is 12.3 Å². The zero-order valence-corrected chi connectivity index (χ0v) is 11.7. The summed E-state index contributed by atoms with van der Waals surface area (Å²) in [6, 6.07) is 4.75. The molecule has 0 saturated heterocycles. The molecule has 0 fully saturated rings. The van der Waals surface area contributed by atoms with Crippen molar-refractivity contribution in [3.63, 3.8) is 0 Å². The molecule has 2 N–H and O–H groups in total. The van der Waals surface area contributed by atoms with Gasteiger partial charge in [0.05, 0.1) is 18.3 Å². The fourth-order valence-electron chi connectivity index (χ4n) is 1.62. The lowest BCUT2D eigenvalue weighted by Gasteiger charge is -2.08. The first-order valence-electron chi connectivity index (χ1n) is 5.76. The lowest BCUT2D eigenvalue weighted by atomic mass is 10.3. The molecule has 0 aliphatic heterocycles. The first-order chi connectivity index (χ1) is 10.0. The van der Waals surface area contributed by atoms with Crippen LogP contribution in [-0.2, 0) is 11.3 Å². The van der Waals surface area contributed by atoms with E-state index in [4.69, 9.17) is 21.4 Å². The molecule has 0 spiro atoms. The predicted octanol–water partition coefficient (Wildman–Crippen LogP) is 1.28. The van der Waals surface area contributed by atoms with Crippen molar-refractivity contribution in [3.8, 4) is 5.75 Å². The fraction of sp³-hybridized carbons (Fsp3) is 0.167. The Bertz CT molecular complexity index is 686. The quantitative estimate of drug-likeness (QED) is 0.861. The van der Waals surface area contributed by atoms with Crippen LogP contribution >= 0.6 is 11.6 Å². The second-order valence-electron chi connectivity index (χ2n) is 3.98. The summed E-state index contributed by atoms with van der Waals surface area (Å²) in [6.45, 7) is -0.273. The molecule has 1 amide bonds. The van der Waals surface area contributed by atoms with E-state index in [1.54, 1.807) is 12.1 Å². The Hall–Kier alpha value is -2.61. The van der Waals surface area contributed by atoms with Crippen molar-refractivity contribution in [2.75, 3.05) is 12.4 Å². The minimum absolute atomic E-state index is 0.169. The summed E-state index contributed by atoms with van der Waals surface area (Å²) in [7, 11) is 1.48. The Morgan fingerprint density at radius 3 is 2.86 bits per heavy atom. The molecular formula is C12H11ClN4O4. The highest BCUT2D eigenvalue weighted by molar-refractivity contribution is 6.32. The van der Waals surface area contributed by atoms with Crippen molar-refractivity contribution < 1.29 is 19.4 Å². The van der Waals surface area contributed by atoms with Gasteiger partial charge >= 0.3 is 5.97 Å². The van der Waals surface area contributed by atoms with Crippen molar-refractivity contribution in [2.24, 2.45) is 0 Å². The van der Waals surface area contributed by atoms with Gasteiger partial charge in [0.15, 0.2) is 5.69 Å². The smallest absolute Gasteiger partial charge is 0.355 e. The van der Waals surface area contributed by atoms with E-state index in [1.165, 1.54) is 13.2 Å². The van der Waals surface area contributed by atoms with Crippen LogP contribution in [0.1, 0.15) is 10.5 Å². The average Bonchev–Trinajstić information content (AvgIpc) is 2.87. The number of methoxy groups -OCH3 is 1. The molecule has 0 unspecified atom stereocenters. The second kappa shape index (κ2) is 6.23. The minimum Gasteiger partial charge on any atom is -0.495 e. The summed E-state index contributed by atoms with van der Waals surface area (Å²) >= 11 is 5.94. The van der Waals surface area contributed by atoms with Gasteiger partial charge in [0, 0.05) is 5.69 Å². The van der Waals surface area contributed by atoms with Gasteiger partial charge < -0.3 is 15.2 Å². The largest absolute Gasteiger partial charge is 0.495 e. The molecule has 0 atom stereocenters. The molecule has 0 bridgehead atoms. The van der Waals surface area contributed by atoms with Crippen molar-refractivity contribution in [2.45, 2.75) is 6.54 Å². The maximum Gasteiger partial charge on any atom is 0.355 e. The number of amides is 1. The zero-order chi connectivity index (χ0) is 15.4. The molecule has 1 heterocycles. The lowest BCUT2D eigenvalue weighted by Crippen LogP contribution is -2.22. The molecule has 110 valence electrons. The van der Waals surface area contributed by atoms with E-state index in [0.717, 1.165) is 10.9 Å². The molecule has 2 aromatic rings. The van der Waals surface area contributed by atoms with Gasteiger partial charge in [-0.1, -0.05) is 16.8 Å². The van der Waals surface area contributed by atoms with E-state index in [1.807, 2.05) is 0 Å². The second-order valence-corrected chi connectivity index (χ2v) is 4.39. The number of hydrogen-bond donors (Lipinski definition) is 2. The maximum atomic E-state index is 11.9. The number of aromatic nitrogens is 3. The van der Waals surface area contributed by atoms with Crippen LogP contribution in [0.15, 0.2) is 24.4 Å². The van der Waals surface area contributed by atoms with E-state index in [2.05, 4.69) is 15.6 Å². The number of carbonyl (C=O) groups is 2. The number of anilines is 1. The van der Waals surface area contributed by atoms with Crippen molar-refractivity contribution >= 4 is 29.2 Å². The Morgan fingerprint density at radius 2 is 2.24 bits per heavy atom. The first-order valence-corrected chi connectivity index (χ1v) is 6.14. The molecule has 0 radical (unpaired) electrons. The third kappa shape index (κ3) is 3.48. The summed E-state index contributed by atoms with van der Waals surface area (Å²) in [5.74, 6) is -1.18. The number of ether oxygens (including phenoxy) is 1. The van der Waals surface area contributed by atoms with Crippen LogP contribution in [0.25, 0.3) is 0 Å². The van der Waals surface area contributed by atoms with Crippen LogP contribution in [0.2, 0.25) is 5.02 Å². The molecule has 9 heteroatoms. The van der Waals surface area contributed by atoms with E-state index in [-0.39, 0.29) is 12.2 Å². The van der Waals surface area contributed by atoms with Crippen LogP contribution in [-0.4, -0.2) is 39.1 Å². The van der Waals surface area contributed by atoms with E-state index in [9.17, 15) is 9.59 Å². The summed E-state index contributed by atoms with van der Waals surface area (Å²) in [4.78, 5) is 22.7. The number of nitrogens with zero attached hydrogens (tertiary/aromatic N) is 3. The summed E-state index contributed by atoms with van der Waals surface area (Å²) in [5, 5.41) is 18.8. The van der Waals surface area contributed by atoms with Gasteiger partial charge in [-0.25, -0.2) is 9.48 Å². The number of carboxylic acids is 1. The molecule has 2 rings (SSSR count). The Balaban J connectivity index is 2.06. The number of carbonyl (C=O) groups excluding carboxylic acids is 1. The van der Waals surface area contributed by atoms with Crippen LogP contribution in [0.5, 0.6) is 5.75 Å².